The van der Waals surface area contributed by atoms with E-state index in [-0.39, 0.29) is 57.1 Å². The monoisotopic (exact) mass is 419 g/mol. The van der Waals surface area contributed by atoms with E-state index in [1.54, 1.807) is 0 Å². The summed E-state index contributed by atoms with van der Waals surface area (Å²) in [5.74, 6) is 0. The molecule has 2 aromatic rings. The van der Waals surface area contributed by atoms with E-state index >= 15 is 0 Å². The van der Waals surface area contributed by atoms with E-state index in [0.29, 0.717) is 0 Å². The van der Waals surface area contributed by atoms with Gasteiger partial charge in [0, 0.05) is 12.4 Å². The predicted octanol–water partition coefficient (Wildman–Crippen LogP) is -1.39. The second kappa shape index (κ2) is 10.9. The molecule has 116 valence electrons. The van der Waals surface area contributed by atoms with Gasteiger partial charge in [0.05, 0.1) is 0 Å². The summed E-state index contributed by atoms with van der Waals surface area (Å²) in [5, 5.41) is 0. The van der Waals surface area contributed by atoms with Crippen molar-refractivity contribution in [1.29, 1.82) is 0 Å². The van der Waals surface area contributed by atoms with E-state index in [4.69, 9.17) is 0 Å². The fourth-order valence-electron chi connectivity index (χ4n) is 2.43. The molecule has 1 nitrogen and oxygen atoms in total. The molecule has 0 bridgehead atoms. The van der Waals surface area contributed by atoms with Crippen molar-refractivity contribution in [2.45, 2.75) is 19.4 Å². The quantitative estimate of drug-likeness (QED) is 0.500. The predicted molar refractivity (Wildman–Crippen MR) is 82.9 cm³/mol. The minimum absolute atomic E-state index is 0. The first-order chi connectivity index (χ1) is 9.84. The van der Waals surface area contributed by atoms with E-state index < -0.39 is 0 Å². The maximum Gasteiger partial charge on any atom is 4.00 e. The number of fused-ring (bicyclic) bond motifs is 1. The van der Waals surface area contributed by atoms with Crippen LogP contribution < -0.4 is 24.8 Å². The Labute approximate surface area is 170 Å². The van der Waals surface area contributed by atoms with Gasteiger partial charge in [-0.15, -0.1) is 18.1 Å². The molecule has 0 saturated carbocycles. The average molecular weight is 421 g/mol. The van der Waals surface area contributed by atoms with Crippen LogP contribution in [0.2, 0.25) is 0 Å². The molecule has 0 aliphatic heterocycles. The van der Waals surface area contributed by atoms with E-state index in [0.717, 1.165) is 6.42 Å². The molecular weight excluding hydrogens is 404 g/mol. The van der Waals surface area contributed by atoms with Crippen molar-refractivity contribution in [3.8, 4) is 0 Å². The van der Waals surface area contributed by atoms with E-state index in [1.165, 1.54) is 16.7 Å². The maximum atomic E-state index is 3.36. The molecule has 1 unspecified atom stereocenters. The molecule has 23 heavy (non-hydrogen) atoms. The number of halogens is 2. The molecule has 0 radical (unpaired) electrons. The van der Waals surface area contributed by atoms with Gasteiger partial charge in [-0.1, -0.05) is 25.1 Å². The zero-order chi connectivity index (χ0) is 13.8. The summed E-state index contributed by atoms with van der Waals surface area (Å²) in [6.07, 6.45) is 17.9. The van der Waals surface area contributed by atoms with Crippen LogP contribution in [0.4, 0.5) is 0 Å². The number of aromatic nitrogens is 1. The Morgan fingerprint density at radius 2 is 1.74 bits per heavy atom. The zero-order valence-electron chi connectivity index (χ0n) is 12.8. The van der Waals surface area contributed by atoms with Gasteiger partial charge in [0.25, 0.3) is 0 Å². The molecule has 0 spiro atoms. The van der Waals surface area contributed by atoms with Crippen LogP contribution in [-0.2, 0) is 26.2 Å². The summed E-state index contributed by atoms with van der Waals surface area (Å²) in [4.78, 5) is 0. The van der Waals surface area contributed by atoms with Gasteiger partial charge in [0.15, 0.2) is 0 Å². The number of allylic oxidation sites excluding steroid dienone is 5. The average Bonchev–Trinajstić information content (AvgIpc) is 3.19. The third kappa shape index (κ3) is 5.64. The Morgan fingerprint density at radius 3 is 2.30 bits per heavy atom. The molecule has 0 fully saturated rings. The Bertz CT molecular complexity index is 670. The van der Waals surface area contributed by atoms with Crippen molar-refractivity contribution in [3.63, 3.8) is 0 Å². The normalized spacial score (nSPS) is 16.0. The van der Waals surface area contributed by atoms with Crippen LogP contribution >= 0.6 is 0 Å². The van der Waals surface area contributed by atoms with Crippen molar-refractivity contribution < 1.29 is 51.0 Å². The van der Waals surface area contributed by atoms with Gasteiger partial charge < -0.3 is 29.4 Å². The fraction of sp³-hybridized carbons (Fsp3) is 0.158. The van der Waals surface area contributed by atoms with Gasteiger partial charge in [-0.25, -0.2) is 23.8 Å². The van der Waals surface area contributed by atoms with Crippen molar-refractivity contribution >= 4 is 6.08 Å². The van der Waals surface area contributed by atoms with Crippen LogP contribution in [0.25, 0.3) is 6.08 Å². The molecule has 0 saturated heterocycles. The minimum atomic E-state index is 0. The molecule has 2 aliphatic rings. The minimum Gasteiger partial charge on any atom is -1.00 e. The second-order valence-electron chi connectivity index (χ2n) is 4.94. The summed E-state index contributed by atoms with van der Waals surface area (Å²) >= 11 is 0. The molecule has 0 amide bonds. The molecule has 4 rings (SSSR count). The number of nitrogens with zero attached hydrogens (tertiary/aromatic N) is 1. The Hall–Kier alpha value is -0.817. The topological polar surface area (TPSA) is 4.93 Å². The van der Waals surface area contributed by atoms with E-state index in [1.807, 2.05) is 12.1 Å². The van der Waals surface area contributed by atoms with Crippen molar-refractivity contribution in [3.05, 3.63) is 89.8 Å². The van der Waals surface area contributed by atoms with Gasteiger partial charge in [-0.2, -0.15) is 11.6 Å². The summed E-state index contributed by atoms with van der Waals surface area (Å²) in [5.41, 5.74) is 3.89. The largest absolute Gasteiger partial charge is 4.00 e. The number of hydrogen-bond donors (Lipinski definition) is 0. The second-order valence-corrected chi connectivity index (χ2v) is 4.94. The van der Waals surface area contributed by atoms with E-state index in [2.05, 4.69) is 78.5 Å². The first kappa shape index (κ1) is 22.2. The molecular formula is C19H17Cl2NZr. The maximum absolute atomic E-state index is 3.36. The van der Waals surface area contributed by atoms with Crippen LogP contribution in [0.1, 0.15) is 30.5 Å². The van der Waals surface area contributed by atoms with Gasteiger partial charge in [-0.05, 0) is 18.2 Å². The number of benzene rings is 1. The Morgan fingerprint density at radius 1 is 1.04 bits per heavy atom. The summed E-state index contributed by atoms with van der Waals surface area (Å²) in [6.45, 7) is 2.06. The molecule has 0 N–H and O–H groups in total. The molecule has 1 aromatic heterocycles. The third-order valence-electron chi connectivity index (χ3n) is 3.48. The summed E-state index contributed by atoms with van der Waals surface area (Å²) < 4.78 is 2.17. The zero-order valence-corrected chi connectivity index (χ0v) is 16.8. The first-order valence-electron chi connectivity index (χ1n) is 6.89. The van der Waals surface area contributed by atoms with Crippen LogP contribution in [0.15, 0.2) is 66.5 Å². The van der Waals surface area contributed by atoms with Crippen molar-refractivity contribution in [2.75, 3.05) is 0 Å². The SMILES string of the molecule is CC1=[C-]CC=C1.[C-]1=Cc2ccccc2C1n1cccc1.[Cl-].[Cl-].[Zr+4]. The molecule has 1 atom stereocenters. The first-order valence-corrected chi connectivity index (χ1v) is 6.89. The molecule has 1 aromatic carbocycles. The van der Waals surface area contributed by atoms with Gasteiger partial charge in [0.1, 0.15) is 0 Å². The molecule has 4 heteroatoms. The van der Waals surface area contributed by atoms with Crippen LogP contribution in [-0.4, -0.2) is 4.57 Å². The fourth-order valence-corrected chi connectivity index (χ4v) is 2.43. The standard InChI is InChI=1S/C13H10N.C6H7.2ClH.Zr/c1-2-6-12-11(5-1)7-8-13(12)14-9-3-4-10-14;1-6-4-2-3-5-6;;;/h1-7,9-10,13H;2,4H,3H2,1H3;2*1H;/q2*-1;;;+4/p-2. The third-order valence-corrected chi connectivity index (χ3v) is 3.48. The van der Waals surface area contributed by atoms with Crippen molar-refractivity contribution in [2.24, 2.45) is 0 Å². The van der Waals surface area contributed by atoms with Gasteiger partial charge >= 0.3 is 26.2 Å². The summed E-state index contributed by atoms with van der Waals surface area (Å²) in [6, 6.07) is 12.8. The van der Waals surface area contributed by atoms with Gasteiger partial charge in [0.2, 0.25) is 0 Å². The van der Waals surface area contributed by atoms with Crippen LogP contribution in [0.3, 0.4) is 0 Å². The molecule has 2 aliphatic carbocycles. The smallest absolute Gasteiger partial charge is 1.00 e. The van der Waals surface area contributed by atoms with Gasteiger partial charge in [-0.3, -0.25) is 6.08 Å². The van der Waals surface area contributed by atoms with Crippen LogP contribution in [0.5, 0.6) is 0 Å². The number of rotatable bonds is 1. The number of hydrogen-bond acceptors (Lipinski definition) is 0. The summed E-state index contributed by atoms with van der Waals surface area (Å²) in [7, 11) is 0. The Balaban J connectivity index is 0.000000469. The van der Waals surface area contributed by atoms with Crippen LogP contribution in [0, 0.1) is 12.2 Å². The Kier molecular flexibility index (Phi) is 10.5. The van der Waals surface area contributed by atoms with E-state index in [9.17, 15) is 0 Å². The molecule has 1 heterocycles. The van der Waals surface area contributed by atoms with Crippen molar-refractivity contribution in [1.82, 2.24) is 4.57 Å².